The van der Waals surface area contributed by atoms with Gasteiger partial charge >= 0.3 is 0 Å². The van der Waals surface area contributed by atoms with Crippen LogP contribution in [0.15, 0.2) is 41.3 Å². The third kappa shape index (κ3) is 3.47. The minimum atomic E-state index is -4.14. The number of halogens is 2. The predicted molar refractivity (Wildman–Crippen MR) is 93.4 cm³/mol. The zero-order valence-electron chi connectivity index (χ0n) is 14.3. The molecule has 0 spiro atoms. The second-order valence-electron chi connectivity index (χ2n) is 6.30. The maximum Gasteiger partial charge on any atom is 0.245 e. The fourth-order valence-corrected chi connectivity index (χ4v) is 4.07. The number of nitrogens with zero attached hydrogens (tertiary/aromatic N) is 1. The summed E-state index contributed by atoms with van der Waals surface area (Å²) in [5.74, 6) is -2.77. The van der Waals surface area contributed by atoms with Gasteiger partial charge in [-0.1, -0.05) is 6.07 Å². The van der Waals surface area contributed by atoms with E-state index < -0.39 is 32.6 Å². The number of carbonyl (C=O) groups is 1. The molecule has 1 saturated heterocycles. The van der Waals surface area contributed by atoms with Gasteiger partial charge in [-0.05, 0) is 61.7 Å². The van der Waals surface area contributed by atoms with Gasteiger partial charge in [0.25, 0.3) is 0 Å². The largest absolute Gasteiger partial charge is 0.311 e. The van der Waals surface area contributed by atoms with Crippen LogP contribution in [0.25, 0.3) is 0 Å². The molecule has 3 rings (SSSR count). The topological polar surface area (TPSA) is 66.5 Å². The lowest BCUT2D eigenvalue weighted by Gasteiger charge is -2.18. The van der Waals surface area contributed by atoms with Gasteiger partial charge in [-0.2, -0.15) is 4.72 Å². The molecule has 1 fully saturated rings. The van der Waals surface area contributed by atoms with E-state index in [2.05, 4.69) is 4.72 Å². The molecule has 1 aliphatic rings. The summed E-state index contributed by atoms with van der Waals surface area (Å²) in [6, 6.07) is 6.93. The van der Waals surface area contributed by atoms with Crippen LogP contribution in [-0.4, -0.2) is 26.9 Å². The Morgan fingerprint density at radius 3 is 2.42 bits per heavy atom. The predicted octanol–water partition coefficient (Wildman–Crippen LogP) is 2.67. The minimum Gasteiger partial charge on any atom is -0.311 e. The Balaban J connectivity index is 1.79. The number of carbonyl (C=O) groups excluding carboxylic acids is 1. The van der Waals surface area contributed by atoms with E-state index >= 15 is 0 Å². The molecule has 0 saturated carbocycles. The maximum absolute atomic E-state index is 13.3. The Morgan fingerprint density at radius 1 is 1.04 bits per heavy atom. The van der Waals surface area contributed by atoms with Crippen LogP contribution in [0.5, 0.6) is 0 Å². The summed E-state index contributed by atoms with van der Waals surface area (Å²) < 4.78 is 53.3. The molecule has 0 radical (unpaired) electrons. The molecule has 1 atom stereocenters. The van der Waals surface area contributed by atoms with Crippen molar-refractivity contribution in [2.75, 3.05) is 11.4 Å². The molecule has 5 nitrogen and oxygen atoms in total. The number of sulfonamides is 1. The molecule has 1 amide bonds. The zero-order chi connectivity index (χ0) is 19.1. The molecule has 1 N–H and O–H groups in total. The van der Waals surface area contributed by atoms with Gasteiger partial charge in [0.05, 0.1) is 4.90 Å². The van der Waals surface area contributed by atoms with Crippen LogP contribution in [0, 0.1) is 25.5 Å². The molecule has 26 heavy (non-hydrogen) atoms. The zero-order valence-corrected chi connectivity index (χ0v) is 15.1. The van der Waals surface area contributed by atoms with Crippen LogP contribution in [0.2, 0.25) is 0 Å². The number of nitrogens with one attached hydrogen (secondary N) is 1. The molecular weight excluding hydrogens is 362 g/mol. The first-order valence-corrected chi connectivity index (χ1v) is 9.53. The molecule has 2 aromatic carbocycles. The van der Waals surface area contributed by atoms with Crippen molar-refractivity contribution in [3.63, 3.8) is 0 Å². The highest BCUT2D eigenvalue weighted by Crippen LogP contribution is 2.25. The number of aryl methyl sites for hydroxylation is 2. The second-order valence-corrected chi connectivity index (χ2v) is 8.01. The lowest BCUT2D eigenvalue weighted by Crippen LogP contribution is -2.41. The normalized spacial score (nSPS) is 17.8. The summed E-state index contributed by atoms with van der Waals surface area (Å²) in [5, 5.41) is 0. The second kappa shape index (κ2) is 6.77. The molecule has 1 aliphatic heterocycles. The highest BCUT2D eigenvalue weighted by molar-refractivity contribution is 7.89. The van der Waals surface area contributed by atoms with E-state index in [1.165, 1.54) is 4.90 Å². The summed E-state index contributed by atoms with van der Waals surface area (Å²) in [6.45, 7) is 4.26. The van der Waals surface area contributed by atoms with E-state index in [1.807, 2.05) is 32.0 Å². The minimum absolute atomic E-state index is 0.286. The molecule has 8 heteroatoms. The molecule has 2 aromatic rings. The van der Waals surface area contributed by atoms with Gasteiger partial charge in [-0.3, -0.25) is 4.79 Å². The molecule has 138 valence electrons. The van der Waals surface area contributed by atoms with E-state index in [0.29, 0.717) is 18.3 Å². The van der Waals surface area contributed by atoms with Gasteiger partial charge in [0, 0.05) is 12.2 Å². The first kappa shape index (κ1) is 18.5. The van der Waals surface area contributed by atoms with E-state index in [1.54, 1.807) is 0 Å². The standard InChI is InChI=1S/C18H18F2N2O3S/c1-11-3-4-13(9-12(11)2)22-8-7-17(18(22)23)21-26(24,25)14-5-6-15(19)16(20)10-14/h3-6,9-10,17,21H,7-8H2,1-2H3/t17-/m0/s1. The van der Waals surface area contributed by atoms with Crippen LogP contribution < -0.4 is 9.62 Å². The molecule has 0 aromatic heterocycles. The molecule has 0 bridgehead atoms. The first-order chi connectivity index (χ1) is 12.2. The maximum atomic E-state index is 13.3. The van der Waals surface area contributed by atoms with E-state index in [-0.39, 0.29) is 12.3 Å². The van der Waals surface area contributed by atoms with Gasteiger partial charge < -0.3 is 4.90 Å². The SMILES string of the molecule is Cc1ccc(N2CC[C@H](NS(=O)(=O)c3ccc(F)c(F)c3)C2=O)cc1C. The van der Waals surface area contributed by atoms with Crippen LogP contribution in [-0.2, 0) is 14.8 Å². The summed E-state index contributed by atoms with van der Waals surface area (Å²) in [5.41, 5.74) is 2.82. The first-order valence-electron chi connectivity index (χ1n) is 8.05. The number of benzene rings is 2. The van der Waals surface area contributed by atoms with Gasteiger partial charge in [-0.25, -0.2) is 17.2 Å². The lowest BCUT2D eigenvalue weighted by molar-refractivity contribution is -0.118. The summed E-state index contributed by atoms with van der Waals surface area (Å²) in [6.07, 6.45) is 0.286. The van der Waals surface area contributed by atoms with Gasteiger partial charge in [0.2, 0.25) is 15.9 Å². The summed E-state index contributed by atoms with van der Waals surface area (Å²) >= 11 is 0. The molecule has 0 unspecified atom stereocenters. The monoisotopic (exact) mass is 380 g/mol. The lowest BCUT2D eigenvalue weighted by atomic mass is 10.1. The van der Waals surface area contributed by atoms with E-state index in [0.717, 1.165) is 23.3 Å². The Kier molecular flexibility index (Phi) is 4.81. The third-order valence-corrected chi connectivity index (χ3v) is 5.98. The van der Waals surface area contributed by atoms with E-state index in [9.17, 15) is 22.0 Å². The van der Waals surface area contributed by atoms with Crippen molar-refractivity contribution in [1.82, 2.24) is 4.72 Å². The number of amides is 1. The van der Waals surface area contributed by atoms with Crippen molar-refractivity contribution in [3.8, 4) is 0 Å². The summed E-state index contributed by atoms with van der Waals surface area (Å²) in [7, 11) is -4.14. The molecular formula is C18H18F2N2O3S. The van der Waals surface area contributed by atoms with Crippen LogP contribution in [0.3, 0.4) is 0 Å². The van der Waals surface area contributed by atoms with Crippen molar-refractivity contribution < 1.29 is 22.0 Å². The quantitative estimate of drug-likeness (QED) is 0.887. The highest BCUT2D eigenvalue weighted by atomic mass is 32.2. The van der Waals surface area contributed by atoms with E-state index in [4.69, 9.17) is 0 Å². The van der Waals surface area contributed by atoms with Gasteiger partial charge in [0.15, 0.2) is 11.6 Å². The van der Waals surface area contributed by atoms with Crippen LogP contribution >= 0.6 is 0 Å². The average molecular weight is 380 g/mol. The Labute approximate surface area is 150 Å². The highest BCUT2D eigenvalue weighted by Gasteiger charge is 2.36. The Bertz CT molecular complexity index is 976. The van der Waals surface area contributed by atoms with Crippen molar-refractivity contribution in [3.05, 3.63) is 59.2 Å². The van der Waals surface area contributed by atoms with Crippen molar-refractivity contribution >= 4 is 21.6 Å². The number of anilines is 1. The summed E-state index contributed by atoms with van der Waals surface area (Å²) in [4.78, 5) is 13.7. The third-order valence-electron chi connectivity index (χ3n) is 4.51. The van der Waals surface area contributed by atoms with Crippen LogP contribution in [0.4, 0.5) is 14.5 Å². The number of rotatable bonds is 4. The Morgan fingerprint density at radius 2 is 1.77 bits per heavy atom. The van der Waals surface area contributed by atoms with Gasteiger partial charge in [-0.15, -0.1) is 0 Å². The fourth-order valence-electron chi connectivity index (χ4n) is 2.84. The van der Waals surface area contributed by atoms with Crippen molar-refractivity contribution in [1.29, 1.82) is 0 Å². The van der Waals surface area contributed by atoms with Gasteiger partial charge in [0.1, 0.15) is 6.04 Å². The fraction of sp³-hybridized carbons (Fsp3) is 0.278. The number of hydrogen-bond acceptors (Lipinski definition) is 3. The van der Waals surface area contributed by atoms with Crippen molar-refractivity contribution in [2.45, 2.75) is 31.2 Å². The smallest absolute Gasteiger partial charge is 0.245 e. The Hall–Kier alpha value is -2.32. The number of hydrogen-bond donors (Lipinski definition) is 1. The molecule has 0 aliphatic carbocycles. The van der Waals surface area contributed by atoms with Crippen LogP contribution in [0.1, 0.15) is 17.5 Å². The van der Waals surface area contributed by atoms with Crippen molar-refractivity contribution in [2.24, 2.45) is 0 Å². The molecule has 1 heterocycles. The average Bonchev–Trinajstić information content (AvgIpc) is 2.93.